The quantitative estimate of drug-likeness (QED) is 0.0870. The van der Waals surface area contributed by atoms with Gasteiger partial charge in [0.1, 0.15) is 31.5 Å². The second-order valence-electron chi connectivity index (χ2n) is 8.02. The Kier molecular flexibility index (Phi) is 12.5. The fraction of sp³-hybridized carbons (Fsp3) is 1.00. The van der Waals surface area contributed by atoms with Gasteiger partial charge in [0.25, 0.3) is 40.7 Å². The Morgan fingerprint density at radius 2 is 0.702 bits per heavy atom. The van der Waals surface area contributed by atoms with E-state index >= 15 is 0 Å². The molecule has 2 fully saturated rings. The lowest BCUT2D eigenvalue weighted by Crippen LogP contribution is -2.67. The van der Waals surface area contributed by atoms with Crippen LogP contribution in [0.5, 0.6) is 0 Å². The minimum atomic E-state index is -2.80. The molecule has 2 saturated heterocycles. The van der Waals surface area contributed by atoms with Crippen LogP contribution in [0.15, 0.2) is 0 Å². The van der Waals surface area contributed by atoms with Gasteiger partial charge in [-0.05, 0) is 0 Å². The average molecular weight is 702 g/mol. The standard InChI is InChI=1S/C12H14N8O27/c21-13(22)37-1-3-5(7(43-16(27)28)10(46-19(33)34)12(40-3)47-20(35)36)41-11-9(45-18(31)32)8(44-17(29)30)6(42-15(25)26)4(39-11)2-38-14(23)24/h3-12H,1-2H2. The first-order valence-electron chi connectivity index (χ1n) is 11.3. The van der Waals surface area contributed by atoms with Crippen LogP contribution in [0.25, 0.3) is 0 Å². The third-order valence-electron chi connectivity index (χ3n) is 5.39. The molecule has 0 saturated carbocycles. The maximum Gasteiger partial charge on any atom is 0.297 e. The molecule has 35 nitrogen and oxygen atoms in total. The summed E-state index contributed by atoms with van der Waals surface area (Å²) in [5.74, 6) is 0. The highest BCUT2D eigenvalue weighted by Gasteiger charge is 2.58. The average Bonchev–Trinajstić information content (AvgIpc) is 2.91. The van der Waals surface area contributed by atoms with Crippen LogP contribution in [0.2, 0.25) is 0 Å². The van der Waals surface area contributed by atoms with E-state index in [1.807, 2.05) is 0 Å². The molecule has 0 aliphatic carbocycles. The zero-order valence-electron chi connectivity index (χ0n) is 21.8. The van der Waals surface area contributed by atoms with E-state index in [9.17, 15) is 80.9 Å². The van der Waals surface area contributed by atoms with E-state index in [1.54, 1.807) is 0 Å². The van der Waals surface area contributed by atoms with E-state index in [2.05, 4.69) is 38.7 Å². The van der Waals surface area contributed by atoms with Crippen LogP contribution >= 0.6 is 0 Å². The van der Waals surface area contributed by atoms with Gasteiger partial charge in [-0.3, -0.25) is 4.84 Å². The van der Waals surface area contributed by atoms with Crippen molar-refractivity contribution in [3.8, 4) is 0 Å². The first-order valence-corrected chi connectivity index (χ1v) is 11.3. The smallest absolute Gasteiger partial charge is 0.297 e. The molecule has 2 aliphatic heterocycles. The Labute approximate surface area is 250 Å². The van der Waals surface area contributed by atoms with Crippen molar-refractivity contribution >= 4 is 0 Å². The topological polar surface area (TPSA) is 447 Å². The van der Waals surface area contributed by atoms with Crippen molar-refractivity contribution in [3.63, 3.8) is 0 Å². The van der Waals surface area contributed by atoms with E-state index < -0.39 is 115 Å². The van der Waals surface area contributed by atoms with Crippen LogP contribution in [0, 0.1) is 80.9 Å². The molecule has 0 aromatic carbocycles. The predicted molar refractivity (Wildman–Crippen MR) is 116 cm³/mol. The Morgan fingerprint density at radius 3 is 1.11 bits per heavy atom. The molecule has 0 aromatic rings. The summed E-state index contributed by atoms with van der Waals surface area (Å²) in [5.41, 5.74) is 0. The molecule has 0 radical (unpaired) electrons. The molecule has 47 heavy (non-hydrogen) atoms. The number of nitrogens with zero attached hydrogens (tertiary/aromatic N) is 8. The normalized spacial score (nSPS) is 29.9. The Hall–Kier alpha value is -6.52. The van der Waals surface area contributed by atoms with E-state index in [1.165, 1.54) is 0 Å². The minimum Gasteiger partial charge on any atom is -0.343 e. The van der Waals surface area contributed by atoms with Crippen molar-refractivity contribution in [3.05, 3.63) is 80.9 Å². The van der Waals surface area contributed by atoms with Gasteiger partial charge in [-0.15, -0.1) is 80.9 Å². The van der Waals surface area contributed by atoms with Gasteiger partial charge in [0, 0.05) is 0 Å². The Morgan fingerprint density at radius 1 is 0.383 bits per heavy atom. The first kappa shape index (κ1) is 36.7. The monoisotopic (exact) mass is 702 g/mol. The molecular weight excluding hydrogens is 688 g/mol. The molecule has 35 heteroatoms. The van der Waals surface area contributed by atoms with Crippen molar-refractivity contribution in [2.24, 2.45) is 0 Å². The number of ether oxygens (including phenoxy) is 3. The summed E-state index contributed by atoms with van der Waals surface area (Å²) >= 11 is 0. The van der Waals surface area contributed by atoms with Crippen LogP contribution in [-0.2, 0) is 52.9 Å². The minimum absolute atomic E-state index is 1.47. The number of rotatable bonds is 20. The highest BCUT2D eigenvalue weighted by molar-refractivity contribution is 4.95. The van der Waals surface area contributed by atoms with Gasteiger partial charge in [0.05, 0.1) is 0 Å². The largest absolute Gasteiger partial charge is 0.343 e. The summed E-state index contributed by atoms with van der Waals surface area (Å²) < 4.78 is 15.4. The lowest BCUT2D eigenvalue weighted by Gasteiger charge is -2.47. The van der Waals surface area contributed by atoms with Crippen LogP contribution in [-0.4, -0.2) is 115 Å². The molecule has 264 valence electrons. The van der Waals surface area contributed by atoms with Gasteiger partial charge in [0.2, 0.25) is 6.29 Å². The molecule has 2 aliphatic rings. The molecular formula is C12H14N8O27. The zero-order chi connectivity index (χ0) is 35.6. The Balaban J connectivity index is 2.73. The summed E-state index contributed by atoms with van der Waals surface area (Å²) in [7, 11) is 0. The van der Waals surface area contributed by atoms with Crippen LogP contribution in [0.1, 0.15) is 0 Å². The van der Waals surface area contributed by atoms with Crippen molar-refractivity contribution in [2.45, 2.75) is 61.4 Å². The first-order chi connectivity index (χ1) is 21.9. The molecule has 0 bridgehead atoms. The van der Waals surface area contributed by atoms with Gasteiger partial charge >= 0.3 is 0 Å². The SMILES string of the molecule is O=[N+]([O-])OCC1OC(O[N+](=O)[O-])C(O[N+](=O)[O-])C(O[N+](=O)[O-])C1OC1OC(CO[N+](=O)[O-])C(O[N+](=O)[O-])C(O[N+](=O)[O-])C1O[N+](=O)[O-]. The van der Waals surface area contributed by atoms with Crippen molar-refractivity contribution < 1.29 is 93.6 Å². The van der Waals surface area contributed by atoms with Gasteiger partial charge in [0.15, 0.2) is 36.8 Å². The lowest BCUT2D eigenvalue weighted by molar-refractivity contribution is -0.832. The van der Waals surface area contributed by atoms with Gasteiger partial charge < -0.3 is 48.1 Å². The van der Waals surface area contributed by atoms with Crippen LogP contribution in [0.3, 0.4) is 0 Å². The molecule has 0 aromatic heterocycles. The fourth-order valence-corrected chi connectivity index (χ4v) is 3.98. The van der Waals surface area contributed by atoms with E-state index in [0.29, 0.717) is 0 Å². The van der Waals surface area contributed by atoms with Crippen molar-refractivity contribution in [2.75, 3.05) is 13.2 Å². The summed E-state index contributed by atoms with van der Waals surface area (Å²) in [5, 5.41) is 75.3. The fourth-order valence-electron chi connectivity index (χ4n) is 3.98. The third-order valence-corrected chi connectivity index (χ3v) is 5.39. The highest BCUT2D eigenvalue weighted by atomic mass is 17.0. The highest BCUT2D eigenvalue weighted by Crippen LogP contribution is 2.35. The van der Waals surface area contributed by atoms with Crippen LogP contribution < -0.4 is 0 Å². The van der Waals surface area contributed by atoms with Gasteiger partial charge in [-0.25, -0.2) is 0 Å². The van der Waals surface area contributed by atoms with E-state index in [0.717, 1.165) is 0 Å². The molecule has 10 unspecified atom stereocenters. The summed E-state index contributed by atoms with van der Waals surface area (Å²) in [6, 6.07) is 0. The van der Waals surface area contributed by atoms with Crippen molar-refractivity contribution in [1.82, 2.24) is 0 Å². The number of hydrogen-bond acceptors (Lipinski definition) is 27. The van der Waals surface area contributed by atoms with Crippen molar-refractivity contribution in [1.29, 1.82) is 0 Å². The summed E-state index contributed by atoms with van der Waals surface area (Å²) in [6.07, 6.45) is -26.5. The second kappa shape index (κ2) is 16.0. The molecule has 2 rings (SSSR count). The second-order valence-corrected chi connectivity index (χ2v) is 8.02. The van der Waals surface area contributed by atoms with Crippen LogP contribution in [0.4, 0.5) is 0 Å². The third kappa shape index (κ3) is 10.9. The zero-order valence-corrected chi connectivity index (χ0v) is 21.8. The maximum atomic E-state index is 11.3. The summed E-state index contributed by atoms with van der Waals surface area (Å²) in [6.45, 7) is -2.95. The Bertz CT molecular complexity index is 1220. The van der Waals surface area contributed by atoms with E-state index in [-0.39, 0.29) is 0 Å². The molecule has 0 amide bonds. The van der Waals surface area contributed by atoms with Gasteiger partial charge in [-0.1, -0.05) is 0 Å². The number of hydrogen-bond donors (Lipinski definition) is 0. The van der Waals surface area contributed by atoms with Gasteiger partial charge in [-0.2, -0.15) is 0 Å². The molecule has 10 atom stereocenters. The summed E-state index contributed by atoms with van der Waals surface area (Å²) in [4.78, 5) is 122. The predicted octanol–water partition coefficient (Wildman–Crippen LogP) is -3.67. The van der Waals surface area contributed by atoms with E-state index in [4.69, 9.17) is 14.2 Å². The molecule has 2 heterocycles. The molecule has 0 spiro atoms. The lowest BCUT2D eigenvalue weighted by atomic mass is 9.96. The molecule has 0 N–H and O–H groups in total. The maximum absolute atomic E-state index is 11.3.